The molecule has 3 rings (SSSR count). The van der Waals surface area contributed by atoms with Crippen LogP contribution in [0.3, 0.4) is 0 Å². The summed E-state index contributed by atoms with van der Waals surface area (Å²) in [5, 5.41) is 8.63. The molecule has 0 unspecified atom stereocenters. The summed E-state index contributed by atoms with van der Waals surface area (Å²) in [6.45, 7) is 0. The molecule has 7 nitrogen and oxygen atoms in total. The van der Waals surface area contributed by atoms with E-state index in [2.05, 4.69) is 10.3 Å². The van der Waals surface area contributed by atoms with Crippen LogP contribution in [0.4, 0.5) is 11.4 Å². The van der Waals surface area contributed by atoms with Crippen molar-refractivity contribution in [2.75, 3.05) is 11.1 Å². The van der Waals surface area contributed by atoms with Gasteiger partial charge < -0.3 is 11.1 Å². The van der Waals surface area contributed by atoms with Crippen molar-refractivity contribution in [1.82, 2.24) is 4.98 Å². The van der Waals surface area contributed by atoms with E-state index in [1.165, 1.54) is 24.3 Å². The standard InChI is InChI=1S/C17H16N4O3S/c18-12-2-8-16-11(9-12)1-3-14(20-16)10-17(22)21-13-4-6-15(7-5-13)25(19,23)24/h1-9H,10,18H2,(H,21,22)(H2,19,23,24). The van der Waals surface area contributed by atoms with Crippen LogP contribution in [0.1, 0.15) is 5.69 Å². The Balaban J connectivity index is 1.71. The summed E-state index contributed by atoms with van der Waals surface area (Å²) in [6.07, 6.45) is 0.0945. The number of hydrogen-bond acceptors (Lipinski definition) is 5. The third-order valence-corrected chi connectivity index (χ3v) is 4.51. The highest BCUT2D eigenvalue weighted by Crippen LogP contribution is 2.17. The van der Waals surface area contributed by atoms with E-state index in [1.54, 1.807) is 18.2 Å². The number of anilines is 2. The van der Waals surface area contributed by atoms with Gasteiger partial charge in [0.25, 0.3) is 0 Å². The van der Waals surface area contributed by atoms with E-state index in [0.717, 1.165) is 10.9 Å². The second-order valence-electron chi connectivity index (χ2n) is 5.55. The van der Waals surface area contributed by atoms with Crippen molar-refractivity contribution in [3.63, 3.8) is 0 Å². The fourth-order valence-corrected chi connectivity index (χ4v) is 2.90. The van der Waals surface area contributed by atoms with Gasteiger partial charge in [0.05, 0.1) is 22.5 Å². The Morgan fingerprint density at radius 2 is 1.76 bits per heavy atom. The largest absolute Gasteiger partial charge is 0.399 e. The lowest BCUT2D eigenvalue weighted by Crippen LogP contribution is -2.16. The van der Waals surface area contributed by atoms with E-state index in [4.69, 9.17) is 10.9 Å². The van der Waals surface area contributed by atoms with Crippen molar-refractivity contribution in [3.8, 4) is 0 Å². The van der Waals surface area contributed by atoms with Crippen LogP contribution in [0.25, 0.3) is 10.9 Å². The first kappa shape index (κ1) is 16.9. The number of primary sulfonamides is 1. The second-order valence-corrected chi connectivity index (χ2v) is 7.11. The molecule has 0 aliphatic carbocycles. The van der Waals surface area contributed by atoms with E-state index in [-0.39, 0.29) is 17.2 Å². The Hall–Kier alpha value is -2.97. The third kappa shape index (κ3) is 4.11. The highest BCUT2D eigenvalue weighted by Gasteiger charge is 2.09. The lowest BCUT2D eigenvalue weighted by atomic mass is 10.1. The van der Waals surface area contributed by atoms with E-state index in [1.807, 2.05) is 12.1 Å². The maximum atomic E-state index is 12.1. The fraction of sp³-hybridized carbons (Fsp3) is 0.0588. The normalized spacial score (nSPS) is 11.4. The van der Waals surface area contributed by atoms with Crippen molar-refractivity contribution >= 4 is 38.2 Å². The number of hydrogen-bond donors (Lipinski definition) is 3. The van der Waals surface area contributed by atoms with Crippen LogP contribution >= 0.6 is 0 Å². The Kier molecular flexibility index (Phi) is 4.39. The van der Waals surface area contributed by atoms with Crippen molar-refractivity contribution in [2.24, 2.45) is 5.14 Å². The van der Waals surface area contributed by atoms with Crippen LogP contribution < -0.4 is 16.2 Å². The first-order chi connectivity index (χ1) is 11.8. The average molecular weight is 356 g/mol. The maximum Gasteiger partial charge on any atom is 0.238 e. The summed E-state index contributed by atoms with van der Waals surface area (Å²) in [5.41, 5.74) is 8.24. The minimum Gasteiger partial charge on any atom is -0.399 e. The quantitative estimate of drug-likeness (QED) is 0.612. The van der Waals surface area contributed by atoms with Gasteiger partial charge in [-0.05, 0) is 48.5 Å². The van der Waals surface area contributed by atoms with Crippen LogP contribution in [0.15, 0.2) is 59.5 Å². The first-order valence-electron chi connectivity index (χ1n) is 7.39. The monoisotopic (exact) mass is 356 g/mol. The summed E-state index contributed by atoms with van der Waals surface area (Å²) >= 11 is 0. The van der Waals surface area contributed by atoms with Gasteiger partial charge in [-0.2, -0.15) is 0 Å². The molecule has 0 bridgehead atoms. The molecule has 0 saturated carbocycles. The van der Waals surface area contributed by atoms with Gasteiger partial charge in [0, 0.05) is 16.8 Å². The number of carbonyl (C=O) groups excluding carboxylic acids is 1. The van der Waals surface area contributed by atoms with Crippen molar-refractivity contribution < 1.29 is 13.2 Å². The molecule has 3 aromatic rings. The van der Waals surface area contributed by atoms with Crippen LogP contribution in [-0.4, -0.2) is 19.3 Å². The van der Waals surface area contributed by atoms with Gasteiger partial charge in [0.15, 0.2) is 0 Å². The number of nitrogens with one attached hydrogen (secondary N) is 1. The minimum absolute atomic E-state index is 0.0130. The van der Waals surface area contributed by atoms with Gasteiger partial charge in [-0.25, -0.2) is 13.6 Å². The molecule has 128 valence electrons. The molecule has 0 atom stereocenters. The minimum atomic E-state index is -3.75. The molecular formula is C17H16N4O3S. The predicted molar refractivity (Wildman–Crippen MR) is 96.3 cm³/mol. The molecule has 8 heteroatoms. The van der Waals surface area contributed by atoms with Gasteiger partial charge in [-0.1, -0.05) is 6.07 Å². The SMILES string of the molecule is Nc1ccc2nc(CC(=O)Nc3ccc(S(N)(=O)=O)cc3)ccc2c1. The van der Waals surface area contributed by atoms with Gasteiger partial charge in [-0.3, -0.25) is 9.78 Å². The first-order valence-corrected chi connectivity index (χ1v) is 8.94. The molecule has 5 N–H and O–H groups in total. The Morgan fingerprint density at radius 1 is 1.04 bits per heavy atom. The molecular weight excluding hydrogens is 340 g/mol. The zero-order chi connectivity index (χ0) is 18.0. The molecule has 1 heterocycles. The molecule has 25 heavy (non-hydrogen) atoms. The number of pyridine rings is 1. The summed E-state index contributed by atoms with van der Waals surface area (Å²) in [6, 6.07) is 14.6. The van der Waals surface area contributed by atoms with Crippen LogP contribution in [0.5, 0.6) is 0 Å². The maximum absolute atomic E-state index is 12.1. The summed E-state index contributed by atoms with van der Waals surface area (Å²) in [4.78, 5) is 16.6. The number of sulfonamides is 1. The highest BCUT2D eigenvalue weighted by molar-refractivity contribution is 7.89. The topological polar surface area (TPSA) is 128 Å². The van der Waals surface area contributed by atoms with Gasteiger partial charge in [-0.15, -0.1) is 0 Å². The number of nitrogens with two attached hydrogens (primary N) is 2. The summed E-state index contributed by atoms with van der Waals surface area (Å²) in [5.74, 6) is -0.259. The van der Waals surface area contributed by atoms with E-state index in [0.29, 0.717) is 17.1 Å². The molecule has 0 fully saturated rings. The summed E-state index contributed by atoms with van der Waals surface area (Å²) in [7, 11) is -3.75. The highest BCUT2D eigenvalue weighted by atomic mass is 32.2. The van der Waals surface area contributed by atoms with Crippen LogP contribution in [0, 0.1) is 0 Å². The number of carbonyl (C=O) groups is 1. The van der Waals surface area contributed by atoms with E-state index < -0.39 is 10.0 Å². The molecule has 0 spiro atoms. The molecule has 1 amide bonds. The van der Waals surface area contributed by atoms with E-state index in [9.17, 15) is 13.2 Å². The molecule has 0 aliphatic rings. The fourth-order valence-electron chi connectivity index (χ4n) is 2.38. The van der Waals surface area contributed by atoms with Gasteiger partial charge in [0.2, 0.25) is 15.9 Å². The Labute approximate surface area is 144 Å². The Morgan fingerprint density at radius 3 is 2.44 bits per heavy atom. The summed E-state index contributed by atoms with van der Waals surface area (Å²) < 4.78 is 22.4. The lowest BCUT2D eigenvalue weighted by molar-refractivity contribution is -0.115. The van der Waals surface area contributed by atoms with Crippen molar-refractivity contribution in [1.29, 1.82) is 0 Å². The van der Waals surface area contributed by atoms with Crippen molar-refractivity contribution in [2.45, 2.75) is 11.3 Å². The molecule has 0 radical (unpaired) electrons. The number of benzene rings is 2. The zero-order valence-electron chi connectivity index (χ0n) is 13.1. The van der Waals surface area contributed by atoms with Crippen LogP contribution in [-0.2, 0) is 21.2 Å². The number of amides is 1. The molecule has 1 aromatic heterocycles. The number of nitrogens with zero attached hydrogens (tertiary/aromatic N) is 1. The van der Waals surface area contributed by atoms with Gasteiger partial charge >= 0.3 is 0 Å². The second kappa shape index (κ2) is 6.50. The molecule has 2 aromatic carbocycles. The van der Waals surface area contributed by atoms with Gasteiger partial charge in [0.1, 0.15) is 0 Å². The average Bonchev–Trinajstić information content (AvgIpc) is 2.54. The number of rotatable bonds is 4. The number of aromatic nitrogens is 1. The Bertz CT molecular complexity index is 1050. The third-order valence-electron chi connectivity index (χ3n) is 3.58. The van der Waals surface area contributed by atoms with E-state index >= 15 is 0 Å². The molecule has 0 saturated heterocycles. The zero-order valence-corrected chi connectivity index (χ0v) is 14.0. The van der Waals surface area contributed by atoms with Crippen LogP contribution in [0.2, 0.25) is 0 Å². The number of nitrogen functional groups attached to an aromatic ring is 1. The predicted octanol–water partition coefficient (Wildman–Crippen LogP) is 1.65. The molecule has 0 aliphatic heterocycles. The van der Waals surface area contributed by atoms with Crippen molar-refractivity contribution in [3.05, 3.63) is 60.3 Å². The lowest BCUT2D eigenvalue weighted by Gasteiger charge is -2.07. The number of fused-ring (bicyclic) bond motifs is 1. The smallest absolute Gasteiger partial charge is 0.238 e.